The fourth-order valence-corrected chi connectivity index (χ4v) is 2.96. The van der Waals surface area contributed by atoms with Gasteiger partial charge in [0.1, 0.15) is 24.2 Å². The smallest absolute Gasteiger partial charge is 0.125 e. The van der Waals surface area contributed by atoms with Crippen molar-refractivity contribution in [2.24, 2.45) is 0 Å². The Labute approximate surface area is 134 Å². The highest BCUT2D eigenvalue weighted by molar-refractivity contribution is 5.43. The predicted octanol–water partition coefficient (Wildman–Crippen LogP) is 3.39. The van der Waals surface area contributed by atoms with Crippen LogP contribution in [-0.4, -0.2) is 42.9 Å². The number of methoxy groups -OCH3 is 1. The molecule has 0 bridgehead atoms. The Morgan fingerprint density at radius 2 is 1.91 bits per heavy atom. The lowest BCUT2D eigenvalue weighted by Gasteiger charge is -2.38. The Bertz CT molecular complexity index is 456. The lowest BCUT2D eigenvalue weighted by Crippen LogP contribution is -2.46. The van der Waals surface area contributed by atoms with Gasteiger partial charge in [-0.3, -0.25) is 4.90 Å². The number of aliphatic hydroxyl groups excluding tert-OH is 1. The Hall–Kier alpha value is -1.26. The maximum absolute atomic E-state index is 10.8. The Morgan fingerprint density at radius 1 is 1.23 bits per heavy atom. The van der Waals surface area contributed by atoms with Crippen molar-refractivity contribution in [3.63, 3.8) is 0 Å². The largest absolute Gasteiger partial charge is 0.497 e. The molecular formula is C18H29NO3. The monoisotopic (exact) mass is 307 g/mol. The molecule has 0 amide bonds. The van der Waals surface area contributed by atoms with E-state index in [1.165, 1.54) is 0 Å². The van der Waals surface area contributed by atoms with Crippen molar-refractivity contribution in [1.82, 2.24) is 4.90 Å². The second-order valence-corrected chi connectivity index (χ2v) is 5.97. The van der Waals surface area contributed by atoms with Gasteiger partial charge in [0, 0.05) is 5.56 Å². The first-order valence-electron chi connectivity index (χ1n) is 8.44. The van der Waals surface area contributed by atoms with Gasteiger partial charge in [-0.05, 0) is 44.1 Å². The molecule has 22 heavy (non-hydrogen) atoms. The summed E-state index contributed by atoms with van der Waals surface area (Å²) in [5.41, 5.74) is 0.841. The summed E-state index contributed by atoms with van der Waals surface area (Å²) in [6, 6.07) is 5.68. The number of rotatable bonds is 8. The number of benzene rings is 1. The highest BCUT2D eigenvalue weighted by Crippen LogP contribution is 2.36. The molecule has 1 heterocycles. The zero-order valence-corrected chi connectivity index (χ0v) is 14.0. The number of hydrogen-bond acceptors (Lipinski definition) is 4. The van der Waals surface area contributed by atoms with Gasteiger partial charge in [-0.1, -0.05) is 26.7 Å². The van der Waals surface area contributed by atoms with Gasteiger partial charge in [0.05, 0.1) is 13.2 Å². The fraction of sp³-hybridized carbons (Fsp3) is 0.667. The standard InChI is InChI=1S/C18H29NO3/c1-4-6-10-19(11-7-5-2)16-13-22-17-9-8-14(21-3)12-15(17)18(16)20/h8-9,12,16,18,20H,4-7,10-11,13H2,1-3H3. The zero-order chi connectivity index (χ0) is 15.9. The van der Waals surface area contributed by atoms with E-state index in [1.54, 1.807) is 7.11 Å². The van der Waals surface area contributed by atoms with Gasteiger partial charge in [0.15, 0.2) is 0 Å². The summed E-state index contributed by atoms with van der Waals surface area (Å²) in [6.45, 7) is 6.98. The SMILES string of the molecule is CCCCN(CCCC)C1COc2ccc(OC)cc2C1O. The average Bonchev–Trinajstić information content (AvgIpc) is 2.56. The van der Waals surface area contributed by atoms with Crippen molar-refractivity contribution in [2.45, 2.75) is 51.7 Å². The van der Waals surface area contributed by atoms with Gasteiger partial charge in [-0.25, -0.2) is 0 Å². The van der Waals surface area contributed by atoms with Gasteiger partial charge in [-0.2, -0.15) is 0 Å². The summed E-state index contributed by atoms with van der Waals surface area (Å²) >= 11 is 0. The first-order valence-corrected chi connectivity index (χ1v) is 8.44. The summed E-state index contributed by atoms with van der Waals surface area (Å²) in [4.78, 5) is 2.39. The van der Waals surface area contributed by atoms with E-state index < -0.39 is 6.10 Å². The molecule has 2 rings (SSSR count). The lowest BCUT2D eigenvalue weighted by molar-refractivity contribution is 0.00199. The van der Waals surface area contributed by atoms with E-state index in [2.05, 4.69) is 18.7 Å². The second-order valence-electron chi connectivity index (χ2n) is 5.97. The van der Waals surface area contributed by atoms with E-state index >= 15 is 0 Å². The van der Waals surface area contributed by atoms with Gasteiger partial charge in [0.25, 0.3) is 0 Å². The molecule has 4 nitrogen and oxygen atoms in total. The predicted molar refractivity (Wildman–Crippen MR) is 88.6 cm³/mol. The minimum atomic E-state index is -0.521. The van der Waals surface area contributed by atoms with Crippen LogP contribution in [0.4, 0.5) is 0 Å². The van der Waals surface area contributed by atoms with E-state index in [0.717, 1.165) is 55.8 Å². The Morgan fingerprint density at radius 3 is 2.50 bits per heavy atom. The molecule has 2 unspecified atom stereocenters. The maximum atomic E-state index is 10.8. The van der Waals surface area contributed by atoms with Crippen molar-refractivity contribution in [3.8, 4) is 11.5 Å². The quantitative estimate of drug-likeness (QED) is 0.799. The van der Waals surface area contributed by atoms with Crippen LogP contribution in [-0.2, 0) is 0 Å². The first kappa shape index (κ1) is 17.1. The van der Waals surface area contributed by atoms with Crippen LogP contribution in [0.2, 0.25) is 0 Å². The van der Waals surface area contributed by atoms with E-state index in [-0.39, 0.29) is 6.04 Å². The third-order valence-corrected chi connectivity index (χ3v) is 4.38. The summed E-state index contributed by atoms with van der Waals surface area (Å²) in [6.07, 6.45) is 4.11. The molecule has 1 aliphatic rings. The van der Waals surface area contributed by atoms with Gasteiger partial charge < -0.3 is 14.6 Å². The van der Waals surface area contributed by atoms with E-state index in [1.807, 2.05) is 18.2 Å². The fourth-order valence-electron chi connectivity index (χ4n) is 2.96. The number of ether oxygens (including phenoxy) is 2. The molecule has 2 atom stereocenters. The van der Waals surface area contributed by atoms with Crippen molar-refractivity contribution in [2.75, 3.05) is 26.8 Å². The third kappa shape index (κ3) is 3.93. The molecule has 1 aliphatic heterocycles. The molecule has 1 aromatic rings. The van der Waals surface area contributed by atoms with Crippen LogP contribution in [0.15, 0.2) is 18.2 Å². The van der Waals surface area contributed by atoms with Gasteiger partial charge >= 0.3 is 0 Å². The van der Waals surface area contributed by atoms with Crippen LogP contribution in [0.5, 0.6) is 11.5 Å². The molecule has 0 aromatic heterocycles. The molecule has 0 radical (unpaired) electrons. The molecule has 4 heteroatoms. The summed E-state index contributed by atoms with van der Waals surface area (Å²) in [5.74, 6) is 1.53. The third-order valence-electron chi connectivity index (χ3n) is 4.38. The summed E-state index contributed by atoms with van der Waals surface area (Å²) < 4.78 is 11.2. The maximum Gasteiger partial charge on any atom is 0.125 e. The minimum Gasteiger partial charge on any atom is -0.497 e. The number of aliphatic hydroxyl groups is 1. The molecule has 0 spiro atoms. The highest BCUT2D eigenvalue weighted by atomic mass is 16.5. The van der Waals surface area contributed by atoms with Crippen LogP contribution in [0.3, 0.4) is 0 Å². The number of unbranched alkanes of at least 4 members (excludes halogenated alkanes) is 2. The second kappa shape index (κ2) is 8.39. The Balaban J connectivity index is 2.16. The first-order chi connectivity index (χ1) is 10.7. The highest BCUT2D eigenvalue weighted by Gasteiger charge is 2.33. The summed E-state index contributed by atoms with van der Waals surface area (Å²) in [5, 5.41) is 10.8. The molecule has 0 fully saturated rings. The molecule has 1 N–H and O–H groups in total. The topological polar surface area (TPSA) is 41.9 Å². The van der Waals surface area contributed by atoms with Crippen molar-refractivity contribution < 1.29 is 14.6 Å². The number of hydrogen-bond donors (Lipinski definition) is 1. The molecule has 0 saturated carbocycles. The molecule has 0 saturated heterocycles. The zero-order valence-electron chi connectivity index (χ0n) is 14.0. The van der Waals surface area contributed by atoms with Gasteiger partial charge in [0.2, 0.25) is 0 Å². The van der Waals surface area contributed by atoms with Gasteiger partial charge in [-0.15, -0.1) is 0 Å². The molecule has 0 aliphatic carbocycles. The van der Waals surface area contributed by atoms with E-state index in [0.29, 0.717) is 6.61 Å². The van der Waals surface area contributed by atoms with E-state index in [9.17, 15) is 5.11 Å². The molecular weight excluding hydrogens is 278 g/mol. The molecule has 124 valence electrons. The minimum absolute atomic E-state index is 0.0257. The van der Waals surface area contributed by atoms with E-state index in [4.69, 9.17) is 9.47 Å². The Kier molecular flexibility index (Phi) is 6.52. The lowest BCUT2D eigenvalue weighted by atomic mass is 9.97. The summed E-state index contributed by atoms with van der Waals surface area (Å²) in [7, 11) is 1.64. The number of fused-ring (bicyclic) bond motifs is 1. The van der Waals surface area contributed by atoms with Crippen LogP contribution < -0.4 is 9.47 Å². The molecule has 1 aromatic carbocycles. The van der Waals surface area contributed by atoms with Crippen molar-refractivity contribution >= 4 is 0 Å². The van der Waals surface area contributed by atoms with Crippen molar-refractivity contribution in [3.05, 3.63) is 23.8 Å². The van der Waals surface area contributed by atoms with Crippen LogP contribution in [0.25, 0.3) is 0 Å². The van der Waals surface area contributed by atoms with Crippen LogP contribution >= 0.6 is 0 Å². The van der Waals surface area contributed by atoms with Crippen molar-refractivity contribution in [1.29, 1.82) is 0 Å². The van der Waals surface area contributed by atoms with Crippen LogP contribution in [0.1, 0.15) is 51.2 Å². The normalized spacial score (nSPS) is 20.6. The number of nitrogens with zero attached hydrogens (tertiary/aromatic N) is 1. The average molecular weight is 307 g/mol. The van der Waals surface area contributed by atoms with Crippen LogP contribution in [0, 0.1) is 0 Å².